The average Bonchev–Trinajstić information content (AvgIpc) is 3.31. The van der Waals surface area contributed by atoms with E-state index in [0.717, 1.165) is 6.07 Å². The third-order valence-corrected chi connectivity index (χ3v) is 6.89. The number of benzene rings is 3. The van der Waals surface area contributed by atoms with Gasteiger partial charge in [-0.1, -0.05) is 24.3 Å². The molecular weight excluding hydrogens is 498 g/mol. The molecule has 0 saturated carbocycles. The van der Waals surface area contributed by atoms with Crippen LogP contribution in [-0.4, -0.2) is 53.9 Å². The minimum Gasteiger partial charge on any atom is -0.369 e. The minimum atomic E-state index is -4.38. The minimum absolute atomic E-state index is 0.104. The molecule has 0 unspecified atom stereocenters. The van der Waals surface area contributed by atoms with E-state index < -0.39 is 17.6 Å². The fourth-order valence-corrected chi connectivity index (χ4v) is 4.80. The normalized spacial score (nSPS) is 14.7. The highest BCUT2D eigenvalue weighted by molar-refractivity contribution is 6.12. The van der Waals surface area contributed by atoms with Crippen molar-refractivity contribution in [1.82, 2.24) is 9.47 Å². The molecule has 0 amide bonds. The van der Waals surface area contributed by atoms with E-state index >= 15 is 0 Å². The Kier molecular flexibility index (Phi) is 7.03. The molecule has 1 aliphatic heterocycles. The first kappa shape index (κ1) is 25.7. The van der Waals surface area contributed by atoms with Gasteiger partial charge in [0.2, 0.25) is 0 Å². The maximum Gasteiger partial charge on any atom is 0.416 e. The molecule has 1 fully saturated rings. The zero-order chi connectivity index (χ0) is 26.9. The summed E-state index contributed by atoms with van der Waals surface area (Å²) in [5.74, 6) is -0.899. The van der Waals surface area contributed by atoms with Crippen LogP contribution >= 0.6 is 0 Å². The van der Waals surface area contributed by atoms with Crippen LogP contribution < -0.4 is 4.90 Å². The number of Topliss-reactive ketones (excluding diaryl/α,β-unsaturated/α-hetero) is 1. The second-order valence-electron chi connectivity index (χ2n) is 9.29. The molecule has 9 heteroatoms. The highest BCUT2D eigenvalue weighted by Crippen LogP contribution is 2.32. The molecular formula is C29H25F4N3O2. The number of anilines is 1. The van der Waals surface area contributed by atoms with Crippen molar-refractivity contribution in [3.63, 3.8) is 0 Å². The lowest BCUT2D eigenvalue weighted by Gasteiger charge is -2.36. The van der Waals surface area contributed by atoms with Gasteiger partial charge in [-0.3, -0.25) is 19.1 Å². The Morgan fingerprint density at radius 2 is 1.55 bits per heavy atom. The number of rotatable bonds is 6. The van der Waals surface area contributed by atoms with Crippen molar-refractivity contribution in [3.8, 4) is 0 Å². The van der Waals surface area contributed by atoms with Crippen molar-refractivity contribution in [2.75, 3.05) is 37.6 Å². The number of para-hydroxylation sites is 1. The van der Waals surface area contributed by atoms with Crippen molar-refractivity contribution in [3.05, 3.63) is 102 Å². The van der Waals surface area contributed by atoms with E-state index in [0.29, 0.717) is 60.4 Å². The van der Waals surface area contributed by atoms with Crippen LogP contribution in [0, 0.1) is 5.82 Å². The average molecular weight is 524 g/mol. The molecule has 0 bridgehead atoms. The summed E-state index contributed by atoms with van der Waals surface area (Å²) in [5, 5.41) is 0.669. The van der Waals surface area contributed by atoms with Crippen LogP contribution in [0.1, 0.15) is 32.7 Å². The Labute approximate surface area is 216 Å². The van der Waals surface area contributed by atoms with Gasteiger partial charge in [0.25, 0.3) is 5.91 Å². The van der Waals surface area contributed by atoms with Crippen molar-refractivity contribution in [2.45, 2.75) is 12.6 Å². The third-order valence-electron chi connectivity index (χ3n) is 6.89. The maximum atomic E-state index is 13.3. The van der Waals surface area contributed by atoms with E-state index in [2.05, 4.69) is 4.90 Å². The van der Waals surface area contributed by atoms with E-state index in [4.69, 9.17) is 0 Å². The van der Waals surface area contributed by atoms with Crippen molar-refractivity contribution < 1.29 is 27.2 Å². The first-order valence-electron chi connectivity index (χ1n) is 12.3. The topological polar surface area (TPSA) is 45.6 Å². The predicted octanol–water partition coefficient (Wildman–Crippen LogP) is 5.88. The summed E-state index contributed by atoms with van der Waals surface area (Å²) < 4.78 is 53.9. The van der Waals surface area contributed by atoms with Crippen LogP contribution in [0.25, 0.3) is 10.9 Å². The number of halogens is 4. The fourth-order valence-electron chi connectivity index (χ4n) is 4.80. The Morgan fingerprint density at radius 3 is 2.26 bits per heavy atom. The van der Waals surface area contributed by atoms with Crippen molar-refractivity contribution >= 4 is 28.3 Å². The van der Waals surface area contributed by atoms with Crippen LogP contribution in [0.15, 0.2) is 79.0 Å². The zero-order valence-electron chi connectivity index (χ0n) is 20.4. The molecule has 5 nitrogen and oxygen atoms in total. The molecule has 2 heterocycles. The Hall–Kier alpha value is -3.98. The lowest BCUT2D eigenvalue weighted by molar-refractivity contribution is -0.137. The number of aromatic nitrogens is 1. The van der Waals surface area contributed by atoms with Gasteiger partial charge >= 0.3 is 6.18 Å². The maximum absolute atomic E-state index is 13.3. The molecule has 0 aliphatic carbocycles. The van der Waals surface area contributed by atoms with Crippen LogP contribution in [0.3, 0.4) is 0 Å². The Bertz CT molecular complexity index is 1470. The molecule has 196 valence electrons. The van der Waals surface area contributed by atoms with E-state index in [1.54, 1.807) is 36.5 Å². The summed E-state index contributed by atoms with van der Waals surface area (Å²) in [7, 11) is 0. The monoisotopic (exact) mass is 523 g/mol. The van der Waals surface area contributed by atoms with Crippen molar-refractivity contribution in [2.24, 2.45) is 0 Å². The lowest BCUT2D eigenvalue weighted by Crippen LogP contribution is -2.47. The van der Waals surface area contributed by atoms with Gasteiger partial charge in [0.15, 0.2) is 5.78 Å². The second kappa shape index (κ2) is 10.4. The number of alkyl halides is 3. The van der Waals surface area contributed by atoms with Gasteiger partial charge in [0.1, 0.15) is 5.82 Å². The summed E-state index contributed by atoms with van der Waals surface area (Å²) >= 11 is 0. The smallest absolute Gasteiger partial charge is 0.369 e. The number of carbonyl (C=O) groups excluding carboxylic acids is 2. The summed E-state index contributed by atoms with van der Waals surface area (Å²) in [4.78, 5) is 30.3. The Balaban J connectivity index is 1.24. The predicted molar refractivity (Wildman–Crippen MR) is 137 cm³/mol. The molecule has 1 aromatic heterocycles. The highest BCUT2D eigenvalue weighted by Gasteiger charge is 2.31. The van der Waals surface area contributed by atoms with Gasteiger partial charge in [-0.15, -0.1) is 0 Å². The van der Waals surface area contributed by atoms with Gasteiger partial charge in [0, 0.05) is 67.5 Å². The van der Waals surface area contributed by atoms with Gasteiger partial charge in [-0.25, -0.2) is 4.39 Å². The van der Waals surface area contributed by atoms with E-state index in [1.165, 1.54) is 41.0 Å². The molecule has 38 heavy (non-hydrogen) atoms. The summed E-state index contributed by atoms with van der Waals surface area (Å²) in [6.45, 7) is 2.85. The number of hydrogen-bond acceptors (Lipinski definition) is 4. The standard InChI is InChI=1S/C29H25F4N3O2/c30-22-10-8-20(9-11-22)28(38)36-19-25(24-6-1-2-7-26(24)36)27(37)12-13-34-14-16-35(17-15-34)23-5-3-4-21(18-23)29(31,32)33/h1-11,18-19H,12-17H2. The lowest BCUT2D eigenvalue weighted by atomic mass is 10.1. The number of carbonyl (C=O) groups is 2. The summed E-state index contributed by atoms with van der Waals surface area (Å²) in [5.41, 5.74) is 1.22. The molecule has 1 saturated heterocycles. The number of nitrogens with zero attached hydrogens (tertiary/aromatic N) is 3. The number of fused-ring (bicyclic) bond motifs is 1. The van der Waals surface area contributed by atoms with E-state index in [9.17, 15) is 27.2 Å². The quantitative estimate of drug-likeness (QED) is 0.234. The fraction of sp³-hybridized carbons (Fsp3) is 0.241. The van der Waals surface area contributed by atoms with Gasteiger partial charge < -0.3 is 4.90 Å². The largest absolute Gasteiger partial charge is 0.416 e. The number of piperazine rings is 1. The van der Waals surface area contributed by atoms with Crippen LogP contribution in [0.4, 0.5) is 23.2 Å². The first-order chi connectivity index (χ1) is 18.2. The summed E-state index contributed by atoms with van der Waals surface area (Å²) in [6.07, 6.45) is -2.60. The van der Waals surface area contributed by atoms with Gasteiger partial charge in [-0.2, -0.15) is 13.2 Å². The number of ketones is 1. The summed E-state index contributed by atoms with van der Waals surface area (Å²) in [6, 6.07) is 17.7. The van der Waals surface area contributed by atoms with Crippen LogP contribution in [-0.2, 0) is 6.18 Å². The number of hydrogen-bond donors (Lipinski definition) is 0. The molecule has 3 aromatic carbocycles. The van der Waals surface area contributed by atoms with Gasteiger partial charge in [0.05, 0.1) is 11.1 Å². The molecule has 0 atom stereocenters. The molecule has 0 spiro atoms. The Morgan fingerprint density at radius 1 is 0.842 bits per heavy atom. The molecule has 5 rings (SSSR count). The highest BCUT2D eigenvalue weighted by atomic mass is 19.4. The SMILES string of the molecule is O=C(CCN1CCN(c2cccc(C(F)(F)F)c2)CC1)c1cn(C(=O)c2ccc(F)cc2)c2ccccc12. The second-order valence-corrected chi connectivity index (χ2v) is 9.29. The molecule has 4 aromatic rings. The van der Waals surface area contributed by atoms with Gasteiger partial charge in [-0.05, 0) is 48.5 Å². The third kappa shape index (κ3) is 5.33. The van der Waals surface area contributed by atoms with Crippen molar-refractivity contribution in [1.29, 1.82) is 0 Å². The van der Waals surface area contributed by atoms with Crippen LogP contribution in [0.2, 0.25) is 0 Å². The first-order valence-corrected chi connectivity index (χ1v) is 12.3. The molecule has 0 N–H and O–H groups in total. The van der Waals surface area contributed by atoms with E-state index in [-0.39, 0.29) is 18.1 Å². The van der Waals surface area contributed by atoms with E-state index in [1.807, 2.05) is 4.90 Å². The zero-order valence-corrected chi connectivity index (χ0v) is 20.4. The molecule has 1 aliphatic rings. The van der Waals surface area contributed by atoms with Crippen LogP contribution in [0.5, 0.6) is 0 Å². The molecule has 0 radical (unpaired) electrons.